The Morgan fingerprint density at radius 1 is 1.10 bits per heavy atom. The van der Waals surface area contributed by atoms with Crippen LogP contribution in [0.1, 0.15) is 11.3 Å². The lowest BCUT2D eigenvalue weighted by atomic mass is 10.1. The molecule has 7 nitrogen and oxygen atoms in total. The van der Waals surface area contributed by atoms with Gasteiger partial charge in [0.05, 0.1) is 19.3 Å². The van der Waals surface area contributed by atoms with E-state index in [1.54, 1.807) is 7.11 Å². The Kier molecular flexibility index (Phi) is 6.61. The van der Waals surface area contributed by atoms with Gasteiger partial charge in [0.25, 0.3) is 0 Å². The van der Waals surface area contributed by atoms with Crippen molar-refractivity contribution >= 4 is 11.6 Å². The van der Waals surface area contributed by atoms with E-state index in [0.29, 0.717) is 13.1 Å². The summed E-state index contributed by atoms with van der Waals surface area (Å²) in [4.78, 5) is 21.6. The van der Waals surface area contributed by atoms with Gasteiger partial charge in [-0.25, -0.2) is 4.98 Å². The maximum atomic E-state index is 12.3. The molecule has 7 heteroatoms. The lowest BCUT2D eigenvalue weighted by Gasteiger charge is -2.33. The average molecular weight is 408 g/mol. The first-order chi connectivity index (χ1) is 14.7. The number of carbonyl (C=O) groups is 1. The topological polar surface area (TPSA) is 62.1 Å². The SMILES string of the molecule is COc1cccc(CCNC(=O)CN2CCN(Cc3cn4ccccc4n3)CC2)c1. The molecule has 1 fully saturated rings. The Hall–Kier alpha value is -2.90. The zero-order valence-corrected chi connectivity index (χ0v) is 17.5. The Morgan fingerprint density at radius 3 is 2.73 bits per heavy atom. The third-order valence-corrected chi connectivity index (χ3v) is 5.50. The summed E-state index contributed by atoms with van der Waals surface area (Å²) in [6.45, 7) is 5.64. The lowest BCUT2D eigenvalue weighted by molar-refractivity contribution is -0.122. The highest BCUT2D eigenvalue weighted by Gasteiger charge is 2.19. The van der Waals surface area contributed by atoms with Gasteiger partial charge in [0.1, 0.15) is 11.4 Å². The number of fused-ring (bicyclic) bond motifs is 1. The van der Waals surface area contributed by atoms with E-state index in [0.717, 1.165) is 61.8 Å². The van der Waals surface area contributed by atoms with Crippen LogP contribution < -0.4 is 10.1 Å². The van der Waals surface area contributed by atoms with Gasteiger partial charge in [0, 0.05) is 51.7 Å². The summed E-state index contributed by atoms with van der Waals surface area (Å²) in [5, 5.41) is 3.03. The first-order valence-corrected chi connectivity index (χ1v) is 10.5. The molecule has 158 valence electrons. The molecular weight excluding hydrogens is 378 g/mol. The zero-order valence-electron chi connectivity index (χ0n) is 17.5. The number of amides is 1. The number of nitrogens with one attached hydrogen (secondary N) is 1. The minimum Gasteiger partial charge on any atom is -0.497 e. The van der Waals surface area contributed by atoms with Gasteiger partial charge in [-0.15, -0.1) is 0 Å². The van der Waals surface area contributed by atoms with Gasteiger partial charge in [0.15, 0.2) is 0 Å². The van der Waals surface area contributed by atoms with Crippen molar-refractivity contribution in [3.8, 4) is 5.75 Å². The van der Waals surface area contributed by atoms with Crippen LogP contribution in [0.25, 0.3) is 5.65 Å². The van der Waals surface area contributed by atoms with E-state index in [1.165, 1.54) is 0 Å². The van der Waals surface area contributed by atoms with E-state index < -0.39 is 0 Å². The van der Waals surface area contributed by atoms with E-state index in [9.17, 15) is 4.79 Å². The number of carbonyl (C=O) groups excluding carboxylic acids is 1. The van der Waals surface area contributed by atoms with Crippen molar-refractivity contribution in [3.63, 3.8) is 0 Å². The Balaban J connectivity index is 1.16. The number of benzene rings is 1. The zero-order chi connectivity index (χ0) is 20.8. The molecule has 0 radical (unpaired) electrons. The molecule has 0 atom stereocenters. The van der Waals surface area contributed by atoms with Crippen LogP contribution in [0.5, 0.6) is 5.75 Å². The predicted octanol–water partition coefficient (Wildman–Crippen LogP) is 1.82. The smallest absolute Gasteiger partial charge is 0.234 e. The molecule has 30 heavy (non-hydrogen) atoms. The number of imidazole rings is 1. The molecule has 1 N–H and O–H groups in total. The summed E-state index contributed by atoms with van der Waals surface area (Å²) < 4.78 is 7.30. The summed E-state index contributed by atoms with van der Waals surface area (Å²) in [5.41, 5.74) is 3.23. The van der Waals surface area contributed by atoms with Crippen LogP contribution in [0.3, 0.4) is 0 Å². The quantitative estimate of drug-likeness (QED) is 0.617. The van der Waals surface area contributed by atoms with E-state index in [2.05, 4.69) is 36.8 Å². The number of aromatic nitrogens is 2. The summed E-state index contributed by atoms with van der Waals surface area (Å²) in [7, 11) is 1.66. The number of hydrogen-bond donors (Lipinski definition) is 1. The molecule has 0 unspecified atom stereocenters. The van der Waals surface area contributed by atoms with Gasteiger partial charge in [-0.1, -0.05) is 18.2 Å². The number of nitrogens with zero attached hydrogens (tertiary/aromatic N) is 4. The molecule has 1 aliphatic heterocycles. The standard InChI is InChI=1S/C23H29N5O2/c1-30-21-6-4-5-19(15-21)8-9-24-23(29)18-27-13-11-26(12-14-27)16-20-17-28-10-3-2-7-22(28)25-20/h2-7,10,15,17H,8-9,11-14,16,18H2,1H3,(H,24,29). The number of ether oxygens (including phenoxy) is 1. The third-order valence-electron chi connectivity index (χ3n) is 5.50. The Bertz CT molecular complexity index is 945. The molecule has 3 aromatic rings. The number of rotatable bonds is 8. The summed E-state index contributed by atoms with van der Waals surface area (Å²) in [5.74, 6) is 0.937. The van der Waals surface area contributed by atoms with Crippen LogP contribution in [0.4, 0.5) is 0 Å². The molecule has 1 amide bonds. The molecule has 4 rings (SSSR count). The molecule has 0 saturated carbocycles. The minimum atomic E-state index is 0.0895. The van der Waals surface area contributed by atoms with Crippen molar-refractivity contribution in [2.24, 2.45) is 0 Å². The molecule has 2 aromatic heterocycles. The van der Waals surface area contributed by atoms with Crippen LogP contribution in [-0.4, -0.2) is 71.5 Å². The van der Waals surface area contributed by atoms with Gasteiger partial charge in [-0.05, 0) is 36.2 Å². The van der Waals surface area contributed by atoms with Crippen molar-refractivity contribution in [1.82, 2.24) is 24.5 Å². The summed E-state index contributed by atoms with van der Waals surface area (Å²) in [6.07, 6.45) is 4.92. The average Bonchev–Trinajstić information content (AvgIpc) is 3.17. The Morgan fingerprint density at radius 2 is 1.93 bits per heavy atom. The minimum absolute atomic E-state index is 0.0895. The molecule has 1 aromatic carbocycles. The van der Waals surface area contributed by atoms with Gasteiger partial charge in [-0.2, -0.15) is 0 Å². The van der Waals surface area contributed by atoms with Crippen molar-refractivity contribution in [1.29, 1.82) is 0 Å². The number of hydrogen-bond acceptors (Lipinski definition) is 5. The van der Waals surface area contributed by atoms with Crippen LogP contribution in [0.2, 0.25) is 0 Å². The number of pyridine rings is 1. The van der Waals surface area contributed by atoms with Crippen molar-refractivity contribution < 1.29 is 9.53 Å². The lowest BCUT2D eigenvalue weighted by Crippen LogP contribution is -2.49. The number of piperazine rings is 1. The van der Waals surface area contributed by atoms with Crippen molar-refractivity contribution in [2.45, 2.75) is 13.0 Å². The van der Waals surface area contributed by atoms with Gasteiger partial charge in [-0.3, -0.25) is 14.6 Å². The normalized spacial score (nSPS) is 15.4. The third kappa shape index (κ3) is 5.37. The molecular formula is C23H29N5O2. The van der Waals surface area contributed by atoms with E-state index in [-0.39, 0.29) is 5.91 Å². The van der Waals surface area contributed by atoms with Gasteiger partial charge >= 0.3 is 0 Å². The van der Waals surface area contributed by atoms with E-state index >= 15 is 0 Å². The fourth-order valence-electron chi connectivity index (χ4n) is 3.83. The second-order valence-corrected chi connectivity index (χ2v) is 7.70. The second-order valence-electron chi connectivity index (χ2n) is 7.70. The van der Waals surface area contributed by atoms with E-state index in [4.69, 9.17) is 4.74 Å². The fraction of sp³-hybridized carbons (Fsp3) is 0.391. The Labute approximate surface area is 177 Å². The van der Waals surface area contributed by atoms with Crippen molar-refractivity contribution in [2.75, 3.05) is 46.4 Å². The largest absolute Gasteiger partial charge is 0.497 e. The summed E-state index contributed by atoms with van der Waals surface area (Å²) in [6, 6.07) is 14.0. The highest BCUT2D eigenvalue weighted by Crippen LogP contribution is 2.13. The van der Waals surface area contributed by atoms with Gasteiger partial charge < -0.3 is 14.5 Å². The molecule has 0 aliphatic carbocycles. The van der Waals surface area contributed by atoms with E-state index in [1.807, 2.05) is 42.6 Å². The van der Waals surface area contributed by atoms with Crippen LogP contribution in [0.15, 0.2) is 54.9 Å². The monoisotopic (exact) mass is 407 g/mol. The van der Waals surface area contributed by atoms with Gasteiger partial charge in [0.2, 0.25) is 5.91 Å². The molecule has 0 bridgehead atoms. The fourth-order valence-corrected chi connectivity index (χ4v) is 3.83. The van der Waals surface area contributed by atoms with Crippen LogP contribution in [-0.2, 0) is 17.8 Å². The van der Waals surface area contributed by atoms with Crippen LogP contribution in [0, 0.1) is 0 Å². The van der Waals surface area contributed by atoms with Crippen LogP contribution >= 0.6 is 0 Å². The first-order valence-electron chi connectivity index (χ1n) is 10.5. The molecule has 1 saturated heterocycles. The summed E-state index contributed by atoms with van der Waals surface area (Å²) >= 11 is 0. The molecule has 3 heterocycles. The molecule has 0 spiro atoms. The highest BCUT2D eigenvalue weighted by molar-refractivity contribution is 5.78. The van der Waals surface area contributed by atoms with Crippen molar-refractivity contribution in [3.05, 3.63) is 66.1 Å². The second kappa shape index (κ2) is 9.73. The molecule has 1 aliphatic rings. The first kappa shape index (κ1) is 20.4. The maximum Gasteiger partial charge on any atom is 0.234 e. The highest BCUT2D eigenvalue weighted by atomic mass is 16.5. The number of methoxy groups -OCH3 is 1. The predicted molar refractivity (Wildman–Crippen MR) is 117 cm³/mol. The maximum absolute atomic E-state index is 12.3.